The van der Waals surface area contributed by atoms with Crippen LogP contribution in [0.2, 0.25) is 0 Å². The molecule has 3 saturated heterocycles. The van der Waals surface area contributed by atoms with Gasteiger partial charge in [0.25, 0.3) is 0 Å². The van der Waals surface area contributed by atoms with E-state index in [1.54, 1.807) is 7.11 Å². The van der Waals surface area contributed by atoms with Gasteiger partial charge in [-0.15, -0.1) is 0 Å². The molecule has 60 heavy (non-hydrogen) atoms. The standard InChI is InChI=1S/C48H52O12/c1-51-37-24-22-36(23-25-37)47-56-31-39-42(59-47)44(45(46(50)57-39)55-29-35-20-12-5-13-21-35)60-48-40(49)43(54-28-34-18-10-4-11-19-34)41(53-27-33-16-8-3-9-17-33)38(58-48)30-52-26-32-14-6-2-7-15-32/h2-25,38-50H,26-31H2,1H3/t38-,39-,40-,41-,42-,43-,44+,45-,46+,47?,48-/m1/s1. The summed E-state index contributed by atoms with van der Waals surface area (Å²) in [4.78, 5) is 0. The minimum atomic E-state index is -1.43. The van der Waals surface area contributed by atoms with E-state index in [1.165, 1.54) is 0 Å². The van der Waals surface area contributed by atoms with Crippen LogP contribution in [-0.4, -0.2) is 91.9 Å². The smallest absolute Gasteiger partial charge is 0.187 e. The molecule has 316 valence electrons. The minimum absolute atomic E-state index is 0.0892. The molecule has 8 rings (SSSR count). The normalized spacial score (nSPS) is 29.1. The van der Waals surface area contributed by atoms with Crippen molar-refractivity contribution in [1.82, 2.24) is 0 Å². The van der Waals surface area contributed by atoms with Crippen molar-refractivity contribution in [2.75, 3.05) is 20.3 Å². The van der Waals surface area contributed by atoms with Crippen LogP contribution in [0.4, 0.5) is 0 Å². The van der Waals surface area contributed by atoms with Crippen molar-refractivity contribution < 1.29 is 57.6 Å². The molecule has 0 aliphatic carbocycles. The van der Waals surface area contributed by atoms with Crippen molar-refractivity contribution in [3.05, 3.63) is 173 Å². The third-order valence-electron chi connectivity index (χ3n) is 10.8. The van der Waals surface area contributed by atoms with Crippen LogP contribution in [0.25, 0.3) is 0 Å². The Hall–Kier alpha value is -4.54. The Kier molecular flexibility index (Phi) is 14.6. The third kappa shape index (κ3) is 10.7. The summed E-state index contributed by atoms with van der Waals surface area (Å²) in [6.07, 6.45) is -11.0. The summed E-state index contributed by atoms with van der Waals surface area (Å²) in [7, 11) is 1.60. The predicted octanol–water partition coefficient (Wildman–Crippen LogP) is 6.27. The highest BCUT2D eigenvalue weighted by molar-refractivity contribution is 5.28. The quantitative estimate of drug-likeness (QED) is 0.110. The number of aliphatic hydroxyl groups is 2. The fraction of sp³-hybridized carbons (Fsp3) is 0.375. The lowest BCUT2D eigenvalue weighted by molar-refractivity contribution is -0.395. The maximum absolute atomic E-state index is 12.4. The summed E-state index contributed by atoms with van der Waals surface area (Å²) in [5.74, 6) is 0.688. The molecular formula is C48H52O12. The maximum Gasteiger partial charge on any atom is 0.187 e. The SMILES string of the molecule is COc1ccc(C2OC[C@H]3O[C@H](O)[C@H](OCc4ccccc4)[C@@H](O[C@H]4O[C@H](COCc5ccccc5)[C@@H](OCc5ccccc5)[C@H](OCc5ccccc5)[C@H]4O)[C@@H]3O2)cc1. The molecule has 0 spiro atoms. The topological polar surface area (TPSA) is 133 Å². The second-order valence-corrected chi connectivity index (χ2v) is 15.0. The van der Waals surface area contributed by atoms with Gasteiger partial charge in [0.1, 0.15) is 54.6 Å². The Balaban J connectivity index is 1.10. The molecule has 0 bridgehead atoms. The number of hydrogen-bond donors (Lipinski definition) is 2. The summed E-state index contributed by atoms with van der Waals surface area (Å²) >= 11 is 0. The van der Waals surface area contributed by atoms with E-state index in [2.05, 4.69) is 0 Å². The second-order valence-electron chi connectivity index (χ2n) is 15.0. The molecule has 11 atom stereocenters. The fourth-order valence-electron chi connectivity index (χ4n) is 7.68. The van der Waals surface area contributed by atoms with Crippen LogP contribution in [0.15, 0.2) is 146 Å². The van der Waals surface area contributed by atoms with E-state index < -0.39 is 67.7 Å². The average molecular weight is 821 g/mol. The molecule has 5 aromatic rings. The monoisotopic (exact) mass is 820 g/mol. The van der Waals surface area contributed by atoms with Crippen LogP contribution in [0.5, 0.6) is 5.75 Å². The molecule has 3 heterocycles. The average Bonchev–Trinajstić information content (AvgIpc) is 3.30. The molecule has 1 unspecified atom stereocenters. The first-order valence-corrected chi connectivity index (χ1v) is 20.3. The number of fused-ring (bicyclic) bond motifs is 1. The number of rotatable bonds is 17. The van der Waals surface area contributed by atoms with Crippen molar-refractivity contribution in [2.45, 2.75) is 94.1 Å². The molecule has 3 aliphatic rings. The van der Waals surface area contributed by atoms with Crippen LogP contribution in [0, 0.1) is 0 Å². The lowest BCUT2D eigenvalue weighted by atomic mass is 9.95. The van der Waals surface area contributed by atoms with Gasteiger partial charge in [0, 0.05) is 5.56 Å². The van der Waals surface area contributed by atoms with Gasteiger partial charge in [-0.25, -0.2) is 0 Å². The summed E-state index contributed by atoms with van der Waals surface area (Å²) < 4.78 is 63.7. The second kappa shape index (κ2) is 20.8. The zero-order valence-electron chi connectivity index (χ0n) is 33.4. The van der Waals surface area contributed by atoms with E-state index in [0.717, 1.165) is 27.8 Å². The molecule has 3 fully saturated rings. The minimum Gasteiger partial charge on any atom is -0.497 e. The fourth-order valence-corrected chi connectivity index (χ4v) is 7.68. The van der Waals surface area contributed by atoms with E-state index in [0.29, 0.717) is 12.4 Å². The number of hydrogen-bond acceptors (Lipinski definition) is 12. The van der Waals surface area contributed by atoms with Crippen molar-refractivity contribution in [1.29, 1.82) is 0 Å². The number of aliphatic hydroxyl groups excluding tert-OH is 2. The lowest BCUT2D eigenvalue weighted by Crippen LogP contribution is -2.67. The van der Waals surface area contributed by atoms with Crippen LogP contribution in [-0.2, 0) is 69.1 Å². The highest BCUT2D eigenvalue weighted by Crippen LogP contribution is 2.39. The number of methoxy groups -OCH3 is 1. The number of benzene rings is 5. The van der Waals surface area contributed by atoms with Gasteiger partial charge < -0.3 is 57.6 Å². The van der Waals surface area contributed by atoms with Crippen LogP contribution < -0.4 is 4.74 Å². The van der Waals surface area contributed by atoms with Crippen molar-refractivity contribution >= 4 is 0 Å². The molecule has 0 aromatic heterocycles. The third-order valence-corrected chi connectivity index (χ3v) is 10.8. The van der Waals surface area contributed by atoms with Crippen molar-refractivity contribution in [3.8, 4) is 5.75 Å². The lowest BCUT2D eigenvalue weighted by Gasteiger charge is -2.50. The molecule has 0 saturated carbocycles. The molecule has 5 aromatic carbocycles. The van der Waals surface area contributed by atoms with Gasteiger partial charge in [0.2, 0.25) is 0 Å². The zero-order valence-corrected chi connectivity index (χ0v) is 33.4. The summed E-state index contributed by atoms with van der Waals surface area (Å²) in [6, 6.07) is 46.3. The number of ether oxygens (including phenoxy) is 10. The van der Waals surface area contributed by atoms with Gasteiger partial charge in [-0.1, -0.05) is 133 Å². The van der Waals surface area contributed by atoms with Gasteiger partial charge in [0.05, 0.1) is 46.8 Å². The highest BCUT2D eigenvalue weighted by atomic mass is 16.8. The highest BCUT2D eigenvalue weighted by Gasteiger charge is 2.55. The van der Waals surface area contributed by atoms with Gasteiger partial charge in [-0.05, 0) is 34.4 Å². The summed E-state index contributed by atoms with van der Waals surface area (Å²) in [6.45, 7) is 1.06. The van der Waals surface area contributed by atoms with E-state index >= 15 is 0 Å². The van der Waals surface area contributed by atoms with E-state index in [1.807, 2.05) is 146 Å². The van der Waals surface area contributed by atoms with E-state index in [4.69, 9.17) is 47.4 Å². The zero-order chi connectivity index (χ0) is 41.1. The molecule has 12 nitrogen and oxygen atoms in total. The van der Waals surface area contributed by atoms with Crippen LogP contribution >= 0.6 is 0 Å². The van der Waals surface area contributed by atoms with Crippen molar-refractivity contribution in [2.24, 2.45) is 0 Å². The molecule has 3 aliphatic heterocycles. The van der Waals surface area contributed by atoms with Crippen molar-refractivity contribution in [3.63, 3.8) is 0 Å². The Morgan fingerprint density at radius 2 is 1.07 bits per heavy atom. The molecule has 2 N–H and O–H groups in total. The first-order chi connectivity index (χ1) is 29.5. The summed E-state index contributed by atoms with van der Waals surface area (Å²) in [5.41, 5.74) is 4.48. The Morgan fingerprint density at radius 1 is 0.550 bits per heavy atom. The molecular weight excluding hydrogens is 769 g/mol. The Morgan fingerprint density at radius 3 is 1.62 bits per heavy atom. The predicted molar refractivity (Wildman–Crippen MR) is 218 cm³/mol. The van der Waals surface area contributed by atoms with E-state index in [9.17, 15) is 10.2 Å². The molecule has 0 amide bonds. The van der Waals surface area contributed by atoms with Crippen LogP contribution in [0.3, 0.4) is 0 Å². The maximum atomic E-state index is 12.4. The first kappa shape index (κ1) is 42.2. The van der Waals surface area contributed by atoms with Crippen LogP contribution in [0.1, 0.15) is 34.1 Å². The Bertz CT molecular complexity index is 1990. The van der Waals surface area contributed by atoms with Gasteiger partial charge in [-0.3, -0.25) is 0 Å². The van der Waals surface area contributed by atoms with Gasteiger partial charge in [0.15, 0.2) is 18.9 Å². The Labute approximate surface area is 350 Å². The van der Waals surface area contributed by atoms with Gasteiger partial charge in [-0.2, -0.15) is 0 Å². The van der Waals surface area contributed by atoms with E-state index in [-0.39, 0.29) is 33.0 Å². The molecule has 0 radical (unpaired) electrons. The molecule has 12 heteroatoms. The van der Waals surface area contributed by atoms with Gasteiger partial charge >= 0.3 is 0 Å². The largest absolute Gasteiger partial charge is 0.497 e. The first-order valence-electron chi connectivity index (χ1n) is 20.3. The summed E-state index contributed by atoms with van der Waals surface area (Å²) in [5, 5.41) is 23.9.